The Morgan fingerprint density at radius 3 is 1.33 bits per heavy atom. The minimum absolute atomic E-state index is 0.844. The molecular weight excluding hydrogens is 184 g/mol. The third kappa shape index (κ3) is 56.4. The molecule has 0 saturated carbocycles. The Kier molecular flexibility index (Phi) is 32.0. The van der Waals surface area contributed by atoms with Crippen LogP contribution in [0.4, 0.5) is 0 Å². The third-order valence-electron chi connectivity index (χ3n) is 1.52. The molecule has 0 saturated heterocycles. The lowest BCUT2D eigenvalue weighted by atomic mass is 10.3. The quantitative estimate of drug-likeness (QED) is 0.765. The van der Waals surface area contributed by atoms with Gasteiger partial charge in [-0.25, -0.2) is 0 Å². The van der Waals surface area contributed by atoms with Crippen LogP contribution in [0.25, 0.3) is 0 Å². The maximum absolute atomic E-state index is 5.14. The van der Waals surface area contributed by atoms with Crippen molar-refractivity contribution in [2.24, 2.45) is 5.73 Å². The van der Waals surface area contributed by atoms with Crippen molar-refractivity contribution in [1.82, 2.24) is 4.90 Å². The molecule has 0 aliphatic heterocycles. The summed E-state index contributed by atoms with van der Waals surface area (Å²) in [7, 11) is 4.21. The van der Waals surface area contributed by atoms with E-state index in [-0.39, 0.29) is 0 Å². The van der Waals surface area contributed by atoms with Crippen LogP contribution in [0.3, 0.4) is 0 Å². The summed E-state index contributed by atoms with van der Waals surface area (Å²) in [5.74, 6) is 0. The molecule has 0 spiro atoms. The highest BCUT2D eigenvalue weighted by Gasteiger charge is 1.83. The van der Waals surface area contributed by atoms with Gasteiger partial charge in [0.2, 0.25) is 0 Å². The van der Waals surface area contributed by atoms with Gasteiger partial charge in [0.1, 0.15) is 0 Å². The number of hydrogen-bond donors (Lipinski definition) is 1. The fourth-order valence-electron chi connectivity index (χ4n) is 0.678. The number of nitrogens with two attached hydrogens (primary N) is 1. The maximum Gasteiger partial charge on any atom is -0.00249 e. The fourth-order valence-corrected chi connectivity index (χ4v) is 0.678. The molecule has 0 unspecified atom stereocenters. The van der Waals surface area contributed by atoms with E-state index in [9.17, 15) is 0 Å². The summed E-state index contributed by atoms with van der Waals surface area (Å²) < 4.78 is 0. The van der Waals surface area contributed by atoms with Crippen LogP contribution in [0.1, 0.15) is 59.8 Å². The predicted molar refractivity (Wildman–Crippen MR) is 73.4 cm³/mol. The number of nitrogens with zero attached hydrogens (tertiary/aromatic N) is 1. The summed E-state index contributed by atoms with van der Waals surface area (Å²) in [6.07, 6.45) is 6.27. The van der Waals surface area contributed by atoms with Crippen LogP contribution in [-0.4, -0.2) is 32.1 Å². The van der Waals surface area contributed by atoms with Gasteiger partial charge >= 0.3 is 0 Å². The van der Waals surface area contributed by atoms with Gasteiger partial charge in [0, 0.05) is 0 Å². The highest BCUT2D eigenvalue weighted by molar-refractivity contribution is 4.39. The van der Waals surface area contributed by atoms with Crippen LogP contribution in [0, 0.1) is 0 Å². The normalized spacial score (nSPS) is 8.80. The molecule has 0 aromatic carbocycles. The Bertz CT molecular complexity index is 70.9. The van der Waals surface area contributed by atoms with Crippen LogP contribution in [0.5, 0.6) is 0 Å². The van der Waals surface area contributed by atoms with Crippen molar-refractivity contribution in [3.8, 4) is 0 Å². The Labute approximate surface area is 98.2 Å². The largest absolute Gasteiger partial charge is 0.330 e. The summed E-state index contributed by atoms with van der Waals surface area (Å²) in [5.41, 5.74) is 5.14. The summed E-state index contributed by atoms with van der Waals surface area (Å²) in [6, 6.07) is 0. The van der Waals surface area contributed by atoms with Crippen LogP contribution in [0.15, 0.2) is 0 Å². The van der Waals surface area contributed by atoms with E-state index in [1.807, 2.05) is 0 Å². The van der Waals surface area contributed by atoms with Crippen molar-refractivity contribution < 1.29 is 0 Å². The van der Waals surface area contributed by atoms with Crippen molar-refractivity contribution >= 4 is 0 Å². The second kappa shape index (κ2) is 23.6. The lowest BCUT2D eigenvalue weighted by Crippen LogP contribution is -2.12. The zero-order valence-corrected chi connectivity index (χ0v) is 12.0. The summed E-state index contributed by atoms with van der Waals surface area (Å²) in [4.78, 5) is 2.21. The standard InChI is InChI=1S/C6H15N.C4H11N.C3H8/c1-4-5-6-7(2)3;1-2-3-4-5;1-3-2/h4-6H2,1-3H3;2-5H2,1H3;3H2,1-2H3. The molecule has 0 aromatic rings. The molecule has 0 aliphatic rings. The molecule has 0 radical (unpaired) electrons. The third-order valence-corrected chi connectivity index (χ3v) is 1.52. The summed E-state index contributed by atoms with van der Waals surface area (Å²) >= 11 is 0. The van der Waals surface area contributed by atoms with Gasteiger partial charge in [-0.15, -0.1) is 0 Å². The first kappa shape index (κ1) is 20.3. The van der Waals surface area contributed by atoms with E-state index in [1.54, 1.807) is 0 Å². The molecule has 0 aromatic heterocycles. The first-order chi connectivity index (χ1) is 7.10. The molecule has 0 heterocycles. The van der Waals surface area contributed by atoms with E-state index in [0.29, 0.717) is 0 Å². The van der Waals surface area contributed by atoms with E-state index in [4.69, 9.17) is 5.73 Å². The summed E-state index contributed by atoms with van der Waals surface area (Å²) in [5, 5.41) is 0. The predicted octanol–water partition coefficient (Wildman–Crippen LogP) is 3.51. The van der Waals surface area contributed by atoms with Gasteiger partial charge in [0.05, 0.1) is 0 Å². The molecule has 0 amide bonds. The lowest BCUT2D eigenvalue weighted by Gasteiger charge is -2.05. The highest BCUT2D eigenvalue weighted by Crippen LogP contribution is 1.86. The topological polar surface area (TPSA) is 29.3 Å². The van der Waals surface area contributed by atoms with E-state index < -0.39 is 0 Å². The molecule has 2 nitrogen and oxygen atoms in total. The van der Waals surface area contributed by atoms with Gasteiger partial charge < -0.3 is 10.6 Å². The molecule has 0 rings (SSSR count). The van der Waals surface area contributed by atoms with Crippen molar-refractivity contribution in [2.45, 2.75) is 59.8 Å². The van der Waals surface area contributed by atoms with Crippen LogP contribution in [-0.2, 0) is 0 Å². The highest BCUT2D eigenvalue weighted by atomic mass is 15.0. The second-order valence-electron chi connectivity index (χ2n) is 4.01. The second-order valence-corrected chi connectivity index (χ2v) is 4.01. The molecular formula is C13H34N2. The van der Waals surface area contributed by atoms with Gasteiger partial charge in [0.25, 0.3) is 0 Å². The first-order valence-corrected chi connectivity index (χ1v) is 6.45. The Hall–Kier alpha value is -0.0800. The van der Waals surface area contributed by atoms with Gasteiger partial charge in [-0.1, -0.05) is 47.0 Å². The van der Waals surface area contributed by atoms with E-state index >= 15 is 0 Å². The molecule has 96 valence electrons. The van der Waals surface area contributed by atoms with Gasteiger partial charge in [-0.3, -0.25) is 0 Å². The zero-order chi connectivity index (χ0) is 12.5. The molecule has 2 N–H and O–H groups in total. The van der Waals surface area contributed by atoms with Crippen molar-refractivity contribution in [2.75, 3.05) is 27.2 Å². The van der Waals surface area contributed by atoms with Crippen LogP contribution < -0.4 is 5.73 Å². The van der Waals surface area contributed by atoms with Gasteiger partial charge in [-0.2, -0.15) is 0 Å². The molecule has 2 heteroatoms. The Morgan fingerprint density at radius 1 is 0.867 bits per heavy atom. The average Bonchev–Trinajstić information content (AvgIpc) is 2.18. The van der Waals surface area contributed by atoms with Crippen molar-refractivity contribution in [3.63, 3.8) is 0 Å². The fraction of sp³-hybridized carbons (Fsp3) is 1.00. The van der Waals surface area contributed by atoms with E-state index in [1.165, 1.54) is 38.6 Å². The Balaban J connectivity index is -0.000000158. The number of unbranched alkanes of at least 4 members (excludes halogenated alkanes) is 2. The monoisotopic (exact) mass is 218 g/mol. The average molecular weight is 218 g/mol. The minimum atomic E-state index is 0.844. The molecule has 0 fully saturated rings. The van der Waals surface area contributed by atoms with Gasteiger partial charge in [-0.05, 0) is 40.0 Å². The van der Waals surface area contributed by atoms with Crippen LogP contribution >= 0.6 is 0 Å². The smallest absolute Gasteiger partial charge is 0.00249 e. The zero-order valence-electron chi connectivity index (χ0n) is 12.0. The van der Waals surface area contributed by atoms with Crippen LogP contribution in [0.2, 0.25) is 0 Å². The minimum Gasteiger partial charge on any atom is -0.330 e. The summed E-state index contributed by atoms with van der Waals surface area (Å²) in [6.45, 7) is 10.7. The van der Waals surface area contributed by atoms with Gasteiger partial charge in [0.15, 0.2) is 0 Å². The van der Waals surface area contributed by atoms with Crippen molar-refractivity contribution in [3.05, 3.63) is 0 Å². The van der Waals surface area contributed by atoms with E-state index in [2.05, 4.69) is 46.7 Å². The molecule has 15 heavy (non-hydrogen) atoms. The molecule has 0 atom stereocenters. The first-order valence-electron chi connectivity index (χ1n) is 6.45. The lowest BCUT2D eigenvalue weighted by molar-refractivity contribution is 0.398. The number of rotatable bonds is 5. The molecule has 0 aliphatic carbocycles. The number of hydrogen-bond acceptors (Lipinski definition) is 2. The van der Waals surface area contributed by atoms with E-state index in [0.717, 1.165) is 6.54 Å². The molecule has 0 bridgehead atoms. The van der Waals surface area contributed by atoms with Crippen molar-refractivity contribution in [1.29, 1.82) is 0 Å². The SMILES string of the molecule is CCC.CCCCN.CCCCN(C)C. The Morgan fingerprint density at radius 2 is 1.27 bits per heavy atom. The maximum atomic E-state index is 5.14.